The predicted molar refractivity (Wildman–Crippen MR) is 160 cm³/mol. The molecule has 3 heterocycles. The second-order valence-electron chi connectivity index (χ2n) is 11.7. The monoisotopic (exact) mass is 582 g/mol. The third-order valence-corrected chi connectivity index (χ3v) is 8.43. The third kappa shape index (κ3) is 5.51. The highest BCUT2D eigenvalue weighted by molar-refractivity contribution is 5.97. The number of aromatic nitrogens is 2. The summed E-state index contributed by atoms with van der Waals surface area (Å²) >= 11 is 0. The van der Waals surface area contributed by atoms with Gasteiger partial charge in [-0.25, -0.2) is 19.8 Å². The van der Waals surface area contributed by atoms with Crippen molar-refractivity contribution in [2.75, 3.05) is 24.2 Å². The Hall–Kier alpha value is -4.53. The Morgan fingerprint density at radius 3 is 2.81 bits per heavy atom. The quantitative estimate of drug-likeness (QED) is 0.227. The molecular formula is C32H35FN8O2. The van der Waals surface area contributed by atoms with Crippen molar-refractivity contribution in [3.63, 3.8) is 0 Å². The lowest BCUT2D eigenvalue weighted by molar-refractivity contribution is -0.129. The lowest BCUT2D eigenvalue weighted by Crippen LogP contribution is -2.54. The number of nitrogen functional groups attached to an aromatic ring is 1. The first kappa shape index (κ1) is 28.6. The maximum absolute atomic E-state index is 16.2. The third-order valence-electron chi connectivity index (χ3n) is 8.43. The molecule has 3 aromatic rings. The molecule has 6 rings (SSSR count). The standard InChI is InChI=1S/C32H35FN8O2/c1-19(2)38-27-14-20(27)13-21(16-34)31(42)41-12-6-7-22(17-41)32(28-29(35)36-18-37-30(28)39-40-32)25-11-10-24(15-26(25)33)43-23-8-4-3-5-9-23/h3-5,8-11,13,15,18-20,22,27,38,40H,6-7,12,14,17H2,1-2H3,(H3,35,36,37,39)/b21-13+. The number of nitriles is 1. The average molecular weight is 583 g/mol. The van der Waals surface area contributed by atoms with Crippen LogP contribution in [0.3, 0.4) is 0 Å². The molecule has 222 valence electrons. The molecule has 4 unspecified atom stereocenters. The highest BCUT2D eigenvalue weighted by atomic mass is 19.1. The molecule has 4 atom stereocenters. The van der Waals surface area contributed by atoms with Crippen LogP contribution in [0.4, 0.5) is 16.0 Å². The van der Waals surface area contributed by atoms with Gasteiger partial charge in [0.2, 0.25) is 0 Å². The first-order valence-electron chi connectivity index (χ1n) is 14.6. The molecule has 3 aliphatic rings. The molecule has 1 saturated carbocycles. The first-order chi connectivity index (χ1) is 20.8. The van der Waals surface area contributed by atoms with Crippen LogP contribution >= 0.6 is 0 Å². The fraction of sp³-hybridized carbons (Fsp3) is 0.375. The van der Waals surface area contributed by atoms with E-state index in [9.17, 15) is 10.1 Å². The van der Waals surface area contributed by atoms with E-state index in [2.05, 4.69) is 46.1 Å². The van der Waals surface area contributed by atoms with Crippen molar-refractivity contribution in [2.45, 2.75) is 50.7 Å². The average Bonchev–Trinajstić information content (AvgIpc) is 3.60. The van der Waals surface area contributed by atoms with Crippen molar-refractivity contribution < 1.29 is 13.9 Å². The van der Waals surface area contributed by atoms with Crippen LogP contribution in [0.25, 0.3) is 0 Å². The number of halogens is 1. The molecule has 1 saturated heterocycles. The van der Waals surface area contributed by atoms with Crippen LogP contribution < -0.4 is 26.6 Å². The van der Waals surface area contributed by atoms with Crippen molar-refractivity contribution >= 4 is 17.5 Å². The number of hydrogen-bond acceptors (Lipinski definition) is 9. The number of hydrazine groups is 1. The van der Waals surface area contributed by atoms with Gasteiger partial charge in [-0.05, 0) is 43.4 Å². The number of nitrogens with zero attached hydrogens (tertiary/aromatic N) is 4. The maximum atomic E-state index is 16.2. The number of likely N-dealkylation sites (tertiary alicyclic amines) is 1. The molecule has 0 spiro atoms. The number of carbonyl (C=O) groups excluding carboxylic acids is 1. The SMILES string of the molecule is CC(C)NC1CC1/C=C(\C#N)C(=O)N1CCCC(C2(c3ccc(Oc4ccccc4)cc3F)NNc3ncnc(N)c32)C1. The molecular weight excluding hydrogens is 547 g/mol. The van der Waals surface area contributed by atoms with Crippen molar-refractivity contribution in [2.24, 2.45) is 11.8 Å². The largest absolute Gasteiger partial charge is 0.457 e. The smallest absolute Gasteiger partial charge is 0.264 e. The van der Waals surface area contributed by atoms with E-state index in [1.165, 1.54) is 12.4 Å². The van der Waals surface area contributed by atoms with Gasteiger partial charge in [0.1, 0.15) is 46.6 Å². The number of anilines is 2. The number of nitrogens with two attached hydrogens (primary N) is 1. The number of benzene rings is 2. The Bertz CT molecular complexity index is 1590. The molecule has 11 heteroatoms. The summed E-state index contributed by atoms with van der Waals surface area (Å²) in [6.45, 7) is 4.93. The summed E-state index contributed by atoms with van der Waals surface area (Å²) in [7, 11) is 0. The molecule has 2 aromatic carbocycles. The highest BCUT2D eigenvalue weighted by Gasteiger charge is 2.52. The number of hydrogen-bond donors (Lipinski definition) is 4. The van der Waals surface area contributed by atoms with Gasteiger partial charge in [-0.2, -0.15) is 5.26 Å². The molecule has 1 amide bonds. The van der Waals surface area contributed by atoms with E-state index in [0.29, 0.717) is 53.9 Å². The summed E-state index contributed by atoms with van der Waals surface area (Å²) in [5.74, 6) is 0.626. The van der Waals surface area contributed by atoms with E-state index in [1.54, 1.807) is 35.2 Å². The number of carbonyl (C=O) groups is 1. The normalized spacial score (nSPS) is 24.7. The summed E-state index contributed by atoms with van der Waals surface area (Å²) in [6, 6.07) is 16.6. The lowest BCUT2D eigenvalue weighted by atomic mass is 9.70. The number of fused-ring (bicyclic) bond motifs is 1. The van der Waals surface area contributed by atoms with Crippen LogP contribution in [-0.4, -0.2) is 45.9 Å². The maximum Gasteiger partial charge on any atom is 0.264 e. The summed E-state index contributed by atoms with van der Waals surface area (Å²) < 4.78 is 22.1. The van der Waals surface area contributed by atoms with E-state index in [4.69, 9.17) is 10.5 Å². The number of amides is 1. The van der Waals surface area contributed by atoms with E-state index in [1.807, 2.05) is 18.2 Å². The summed E-state index contributed by atoms with van der Waals surface area (Å²) in [6.07, 6.45) is 5.38. The van der Waals surface area contributed by atoms with Crippen LogP contribution in [0.1, 0.15) is 44.2 Å². The van der Waals surface area contributed by atoms with Crippen molar-refractivity contribution in [1.82, 2.24) is 25.6 Å². The molecule has 5 N–H and O–H groups in total. The molecule has 1 aromatic heterocycles. The molecule has 2 aliphatic heterocycles. The number of piperidine rings is 1. The minimum atomic E-state index is -1.19. The van der Waals surface area contributed by atoms with Crippen molar-refractivity contribution in [1.29, 1.82) is 5.26 Å². The summed E-state index contributed by atoms with van der Waals surface area (Å²) in [4.78, 5) is 23.9. The van der Waals surface area contributed by atoms with Crippen LogP contribution in [-0.2, 0) is 10.3 Å². The molecule has 10 nitrogen and oxygen atoms in total. The van der Waals surface area contributed by atoms with Gasteiger partial charge in [0, 0.05) is 42.7 Å². The van der Waals surface area contributed by atoms with Gasteiger partial charge in [0.15, 0.2) is 5.82 Å². The number of ether oxygens (including phenoxy) is 1. The fourth-order valence-electron chi connectivity index (χ4n) is 6.41. The summed E-state index contributed by atoms with van der Waals surface area (Å²) in [5.41, 5.74) is 12.6. The summed E-state index contributed by atoms with van der Waals surface area (Å²) in [5, 5.41) is 13.4. The Balaban J connectivity index is 1.32. The predicted octanol–water partition coefficient (Wildman–Crippen LogP) is 4.24. The van der Waals surface area contributed by atoms with Gasteiger partial charge < -0.3 is 26.1 Å². The van der Waals surface area contributed by atoms with Crippen LogP contribution in [0, 0.1) is 29.0 Å². The Morgan fingerprint density at radius 2 is 2.07 bits per heavy atom. The lowest BCUT2D eigenvalue weighted by Gasteiger charge is -2.43. The zero-order chi connectivity index (χ0) is 30.1. The number of nitrogens with one attached hydrogen (secondary N) is 3. The van der Waals surface area contributed by atoms with Crippen LogP contribution in [0.15, 0.2) is 66.5 Å². The molecule has 0 bridgehead atoms. The van der Waals surface area contributed by atoms with E-state index < -0.39 is 11.4 Å². The van der Waals surface area contributed by atoms with Gasteiger partial charge in [-0.3, -0.25) is 4.79 Å². The Kier molecular flexibility index (Phi) is 7.73. The Morgan fingerprint density at radius 1 is 1.26 bits per heavy atom. The first-order valence-corrected chi connectivity index (χ1v) is 14.6. The van der Waals surface area contributed by atoms with E-state index in [-0.39, 0.29) is 41.7 Å². The van der Waals surface area contributed by atoms with Gasteiger partial charge in [-0.15, -0.1) is 0 Å². The molecule has 2 fully saturated rings. The topological polar surface area (TPSA) is 141 Å². The van der Waals surface area contributed by atoms with Crippen molar-refractivity contribution in [3.05, 3.63) is 83.5 Å². The van der Waals surface area contributed by atoms with Gasteiger partial charge in [0.05, 0.1) is 5.56 Å². The van der Waals surface area contributed by atoms with Gasteiger partial charge in [-0.1, -0.05) is 44.2 Å². The fourth-order valence-corrected chi connectivity index (χ4v) is 6.41. The number of para-hydroxylation sites is 1. The second-order valence-corrected chi connectivity index (χ2v) is 11.7. The molecule has 0 radical (unpaired) electrons. The molecule has 1 aliphatic carbocycles. The van der Waals surface area contributed by atoms with Crippen LogP contribution in [0.2, 0.25) is 0 Å². The zero-order valence-corrected chi connectivity index (χ0v) is 24.2. The van der Waals surface area contributed by atoms with Gasteiger partial charge in [0.25, 0.3) is 5.91 Å². The van der Waals surface area contributed by atoms with Gasteiger partial charge >= 0.3 is 0 Å². The highest BCUT2D eigenvalue weighted by Crippen LogP contribution is 2.49. The minimum Gasteiger partial charge on any atom is -0.457 e. The zero-order valence-electron chi connectivity index (χ0n) is 24.2. The Labute approximate surface area is 250 Å². The second kappa shape index (κ2) is 11.6. The molecule has 43 heavy (non-hydrogen) atoms. The number of rotatable bonds is 8. The minimum absolute atomic E-state index is 0.141. The van der Waals surface area contributed by atoms with Crippen LogP contribution in [0.5, 0.6) is 11.5 Å². The van der Waals surface area contributed by atoms with E-state index in [0.717, 1.165) is 6.42 Å². The van der Waals surface area contributed by atoms with Crippen molar-refractivity contribution in [3.8, 4) is 17.6 Å². The van der Waals surface area contributed by atoms with E-state index >= 15 is 4.39 Å².